The minimum Gasteiger partial charge on any atom is -0.605 e. The van der Waals surface area contributed by atoms with Gasteiger partial charge in [-0.1, -0.05) is 0 Å². The van der Waals surface area contributed by atoms with Gasteiger partial charge in [-0.25, -0.2) is 4.76 Å². The van der Waals surface area contributed by atoms with Crippen LogP contribution in [-0.2, 0) is 14.3 Å². The van der Waals surface area contributed by atoms with Crippen LogP contribution in [0.25, 0.3) is 0 Å². The Morgan fingerprint density at radius 2 is 2.19 bits per heavy atom. The minimum atomic E-state index is -0.976. The highest BCUT2D eigenvalue weighted by Gasteiger charge is 2.46. The van der Waals surface area contributed by atoms with E-state index in [1.807, 2.05) is 0 Å². The van der Waals surface area contributed by atoms with Crippen molar-refractivity contribution < 1.29 is 19.1 Å². The number of quaternary nitrogens is 1. The second-order valence-electron chi connectivity index (χ2n) is 6.68. The predicted molar refractivity (Wildman–Crippen MR) is 74.8 cm³/mol. The van der Waals surface area contributed by atoms with Crippen LogP contribution in [0.2, 0.25) is 0 Å². The van der Waals surface area contributed by atoms with E-state index in [0.717, 1.165) is 0 Å². The van der Waals surface area contributed by atoms with E-state index in [2.05, 4.69) is 5.32 Å². The van der Waals surface area contributed by atoms with Crippen LogP contribution in [0, 0.1) is 11.1 Å². The summed E-state index contributed by atoms with van der Waals surface area (Å²) >= 11 is 0. The van der Waals surface area contributed by atoms with Crippen LogP contribution in [0.15, 0.2) is 0 Å². The Morgan fingerprint density at radius 3 is 2.81 bits per heavy atom. The molecule has 0 aromatic carbocycles. The number of nitrogens with one attached hydrogen (secondary N) is 1. The summed E-state index contributed by atoms with van der Waals surface area (Å²) in [6.45, 7) is 5.66. The second kappa shape index (κ2) is 5.53. The monoisotopic (exact) mass is 300 g/mol. The summed E-state index contributed by atoms with van der Waals surface area (Å²) in [4.78, 5) is 24.2. The number of nitrogens with two attached hydrogens (primary N) is 1. The van der Waals surface area contributed by atoms with Crippen molar-refractivity contribution in [1.82, 2.24) is 10.3 Å². The smallest absolute Gasteiger partial charge is 0.316 e. The third kappa shape index (κ3) is 3.34. The largest absolute Gasteiger partial charge is 0.605 e. The number of amides is 1. The SMILES string of the molecule is CC(C)(C)OC(=O)C1CNCN2C(=O)CCC(N)[N+]2([O-])C1. The van der Waals surface area contributed by atoms with Crippen LogP contribution in [-0.4, -0.2) is 53.2 Å². The standard InChI is InChI=1S/C13H24N4O4/c1-13(2,3)21-12(19)9-6-15-8-16-11(18)5-4-10(14)17(16,20)7-9/h9-10,15H,4-8,14H2,1-3H3. The van der Waals surface area contributed by atoms with Crippen molar-refractivity contribution in [2.45, 2.75) is 45.4 Å². The first-order chi connectivity index (χ1) is 9.63. The lowest BCUT2D eigenvalue weighted by Gasteiger charge is -2.54. The summed E-state index contributed by atoms with van der Waals surface area (Å²) in [7, 11) is 0. The van der Waals surface area contributed by atoms with Crippen LogP contribution in [0.4, 0.5) is 0 Å². The molecule has 0 spiro atoms. The molecule has 0 radical (unpaired) electrons. The molecule has 2 aliphatic heterocycles. The Hall–Kier alpha value is -1.22. The van der Waals surface area contributed by atoms with E-state index in [1.54, 1.807) is 20.8 Å². The molecule has 0 aromatic rings. The fourth-order valence-corrected chi connectivity index (χ4v) is 2.68. The molecule has 0 bridgehead atoms. The van der Waals surface area contributed by atoms with Crippen molar-refractivity contribution in [3.05, 3.63) is 5.21 Å². The average Bonchev–Trinajstić information content (AvgIpc) is 2.53. The molecule has 8 nitrogen and oxygen atoms in total. The van der Waals surface area contributed by atoms with Gasteiger partial charge in [0.1, 0.15) is 24.7 Å². The van der Waals surface area contributed by atoms with Gasteiger partial charge >= 0.3 is 5.97 Å². The molecule has 8 heteroatoms. The number of carbonyl (C=O) groups is 2. The number of hydrogen-bond donors (Lipinski definition) is 2. The van der Waals surface area contributed by atoms with Crippen LogP contribution in [0.3, 0.4) is 0 Å². The lowest BCUT2D eigenvalue weighted by molar-refractivity contribution is -1.01. The highest BCUT2D eigenvalue weighted by Crippen LogP contribution is 2.28. The molecule has 120 valence electrons. The highest BCUT2D eigenvalue weighted by atomic mass is 16.6. The topological polar surface area (TPSA) is 108 Å². The van der Waals surface area contributed by atoms with Gasteiger partial charge in [0.05, 0.1) is 0 Å². The van der Waals surface area contributed by atoms with E-state index >= 15 is 0 Å². The molecule has 0 aromatic heterocycles. The van der Waals surface area contributed by atoms with E-state index in [0.29, 0.717) is 13.0 Å². The van der Waals surface area contributed by atoms with E-state index in [9.17, 15) is 14.8 Å². The zero-order chi connectivity index (χ0) is 15.8. The number of rotatable bonds is 1. The normalized spacial score (nSPS) is 34.1. The van der Waals surface area contributed by atoms with E-state index in [-0.39, 0.29) is 25.5 Å². The van der Waals surface area contributed by atoms with E-state index in [4.69, 9.17) is 10.5 Å². The first kappa shape index (κ1) is 16.2. The maximum absolute atomic E-state index is 13.0. The molecular formula is C13H24N4O4. The van der Waals surface area contributed by atoms with Gasteiger partial charge in [0.2, 0.25) is 0 Å². The summed E-state index contributed by atoms with van der Waals surface area (Å²) in [5.74, 6) is -1.29. The molecular weight excluding hydrogens is 276 g/mol. The molecule has 2 saturated heterocycles. The summed E-state index contributed by atoms with van der Waals surface area (Å²) in [6, 6.07) is 0. The number of carbonyl (C=O) groups excluding carboxylic acids is 2. The van der Waals surface area contributed by atoms with E-state index < -0.39 is 28.4 Å². The van der Waals surface area contributed by atoms with Crippen molar-refractivity contribution in [2.24, 2.45) is 11.7 Å². The maximum atomic E-state index is 13.0. The lowest BCUT2D eigenvalue weighted by Crippen LogP contribution is -2.70. The van der Waals surface area contributed by atoms with E-state index in [1.165, 1.54) is 5.01 Å². The second-order valence-corrected chi connectivity index (χ2v) is 6.68. The van der Waals surface area contributed by atoms with Gasteiger partial charge in [0.25, 0.3) is 5.91 Å². The third-order valence-corrected chi connectivity index (χ3v) is 3.74. The van der Waals surface area contributed by atoms with Crippen LogP contribution >= 0.6 is 0 Å². The van der Waals surface area contributed by atoms with Crippen molar-refractivity contribution in [3.8, 4) is 0 Å². The molecule has 0 saturated carbocycles. The fraction of sp³-hybridized carbons (Fsp3) is 0.846. The number of hydroxylamine groups is 2. The van der Waals surface area contributed by atoms with Crippen molar-refractivity contribution in [2.75, 3.05) is 19.8 Å². The summed E-state index contributed by atoms with van der Waals surface area (Å²) < 4.78 is 4.37. The highest BCUT2D eigenvalue weighted by molar-refractivity contribution is 5.76. The number of fused-ring (bicyclic) bond motifs is 1. The van der Waals surface area contributed by atoms with Gasteiger partial charge in [-0.15, -0.1) is 0 Å². The molecule has 0 aliphatic carbocycles. The molecule has 2 aliphatic rings. The predicted octanol–water partition coefficient (Wildman–Crippen LogP) is -0.358. The van der Waals surface area contributed by atoms with Crippen LogP contribution in [0.1, 0.15) is 33.6 Å². The molecule has 1 amide bonds. The van der Waals surface area contributed by atoms with Crippen molar-refractivity contribution in [3.63, 3.8) is 0 Å². The number of ether oxygens (including phenoxy) is 1. The molecule has 3 N–H and O–H groups in total. The molecule has 2 rings (SSSR count). The summed E-state index contributed by atoms with van der Waals surface area (Å²) in [5.41, 5.74) is 5.32. The van der Waals surface area contributed by atoms with Gasteiger partial charge in [-0.2, -0.15) is 5.01 Å². The number of hydrogen-bond acceptors (Lipinski definition) is 6. The molecule has 2 heterocycles. The Morgan fingerprint density at radius 1 is 1.52 bits per heavy atom. The fourth-order valence-electron chi connectivity index (χ4n) is 2.68. The Labute approximate surface area is 124 Å². The third-order valence-electron chi connectivity index (χ3n) is 3.74. The molecule has 2 fully saturated rings. The lowest BCUT2D eigenvalue weighted by atomic mass is 10.1. The molecule has 3 atom stereocenters. The summed E-state index contributed by atoms with van der Waals surface area (Å²) in [6.07, 6.45) is -0.130. The summed E-state index contributed by atoms with van der Waals surface area (Å²) in [5, 5.41) is 17.2. The van der Waals surface area contributed by atoms with Crippen LogP contribution < -0.4 is 11.1 Å². The number of nitrogens with zero attached hydrogens (tertiary/aromatic N) is 2. The van der Waals surface area contributed by atoms with Gasteiger partial charge in [0.15, 0.2) is 6.17 Å². The zero-order valence-electron chi connectivity index (χ0n) is 12.8. The first-order valence-corrected chi connectivity index (χ1v) is 7.22. The minimum absolute atomic E-state index is 0.0746. The van der Waals surface area contributed by atoms with Gasteiger partial charge in [-0.3, -0.25) is 20.6 Å². The van der Waals surface area contributed by atoms with Gasteiger partial charge in [0, 0.05) is 19.4 Å². The van der Waals surface area contributed by atoms with Crippen molar-refractivity contribution in [1.29, 1.82) is 0 Å². The maximum Gasteiger partial charge on any atom is 0.316 e. The zero-order valence-corrected chi connectivity index (χ0v) is 12.8. The molecule has 3 unspecified atom stereocenters. The van der Waals surface area contributed by atoms with Gasteiger partial charge < -0.3 is 9.94 Å². The van der Waals surface area contributed by atoms with Crippen LogP contribution in [0.5, 0.6) is 0 Å². The quantitative estimate of drug-likeness (QED) is 0.389. The Kier molecular flexibility index (Phi) is 4.25. The first-order valence-electron chi connectivity index (χ1n) is 7.22. The van der Waals surface area contributed by atoms with Gasteiger partial charge in [-0.05, 0) is 20.8 Å². The number of esters is 1. The average molecular weight is 300 g/mol. The van der Waals surface area contributed by atoms with Crippen molar-refractivity contribution >= 4 is 11.9 Å². The Bertz CT molecular complexity index is 436. The molecule has 21 heavy (non-hydrogen) atoms. The Balaban J connectivity index is 2.18.